The topological polar surface area (TPSA) is 116 Å². The first kappa shape index (κ1) is 15.6. The number of carboxylic acid groups (broad SMARTS) is 1. The second kappa shape index (κ2) is 7.31. The van der Waals surface area contributed by atoms with Gasteiger partial charge in [0.2, 0.25) is 0 Å². The van der Waals surface area contributed by atoms with E-state index in [0.29, 0.717) is 24.2 Å². The van der Waals surface area contributed by atoms with E-state index in [-0.39, 0.29) is 5.92 Å². The van der Waals surface area contributed by atoms with Gasteiger partial charge in [-0.05, 0) is 30.5 Å². The van der Waals surface area contributed by atoms with E-state index in [9.17, 15) is 9.90 Å². The molecule has 0 aliphatic heterocycles. The Balaban J connectivity index is 2.30. The Kier molecular flexibility index (Phi) is 5.20. The van der Waals surface area contributed by atoms with Crippen molar-refractivity contribution in [3.05, 3.63) is 41.2 Å². The molecule has 0 amide bonds. The lowest BCUT2D eigenvalue weighted by Gasteiger charge is -2.18. The fraction of sp³-hybridized carbons (Fsp3) is 0.400. The number of carbonyl (C=O) groups is 1. The predicted octanol–water partition coefficient (Wildman–Crippen LogP) is 2.09. The lowest BCUT2D eigenvalue weighted by molar-refractivity contribution is -0.142. The summed E-state index contributed by atoms with van der Waals surface area (Å²) in [5.74, 6) is -1.08. The van der Waals surface area contributed by atoms with Gasteiger partial charge >= 0.3 is 5.97 Å². The number of H-pyrrole nitrogens is 1. The van der Waals surface area contributed by atoms with Crippen LogP contribution >= 0.6 is 0 Å². The molecule has 7 heteroatoms. The molecule has 1 heterocycles. The van der Waals surface area contributed by atoms with E-state index in [0.717, 1.165) is 12.0 Å². The highest BCUT2D eigenvalue weighted by Crippen LogP contribution is 2.30. The van der Waals surface area contributed by atoms with Gasteiger partial charge in [-0.2, -0.15) is 10.5 Å². The molecule has 0 aliphatic carbocycles. The van der Waals surface area contributed by atoms with Crippen LogP contribution in [0.3, 0.4) is 0 Å². The van der Waals surface area contributed by atoms with Crippen LogP contribution < -0.4 is 0 Å². The van der Waals surface area contributed by atoms with Gasteiger partial charge in [-0.1, -0.05) is 30.7 Å². The highest BCUT2D eigenvalue weighted by atomic mass is 16.4. The number of carboxylic acids is 1. The smallest absolute Gasteiger partial charge is 0.306 e. The molecule has 0 aliphatic rings. The van der Waals surface area contributed by atoms with E-state index >= 15 is 0 Å². The average molecular weight is 299 g/mol. The van der Waals surface area contributed by atoms with Gasteiger partial charge in [0, 0.05) is 5.92 Å². The van der Waals surface area contributed by atoms with Crippen LogP contribution in [0, 0.1) is 17.2 Å². The van der Waals surface area contributed by atoms with Crippen LogP contribution in [0.15, 0.2) is 24.3 Å². The van der Waals surface area contributed by atoms with E-state index in [1.807, 2.05) is 19.1 Å². The Morgan fingerprint density at radius 3 is 2.64 bits per heavy atom. The lowest BCUT2D eigenvalue weighted by atomic mass is 9.86. The number of rotatable bonds is 7. The third-order valence-corrected chi connectivity index (χ3v) is 3.62. The number of nitrogens with one attached hydrogen (secondary N) is 1. The summed E-state index contributed by atoms with van der Waals surface area (Å²) in [6.07, 6.45) is 1.79. The molecular formula is C15H17N5O2. The van der Waals surface area contributed by atoms with Crippen LogP contribution in [0.5, 0.6) is 0 Å². The maximum atomic E-state index is 11.4. The first-order valence-electron chi connectivity index (χ1n) is 7.12. The van der Waals surface area contributed by atoms with Gasteiger partial charge in [0.1, 0.15) is 0 Å². The van der Waals surface area contributed by atoms with Crippen LogP contribution in [-0.2, 0) is 4.79 Å². The van der Waals surface area contributed by atoms with Crippen molar-refractivity contribution in [3.63, 3.8) is 0 Å². The van der Waals surface area contributed by atoms with Crippen molar-refractivity contribution in [1.29, 1.82) is 5.26 Å². The van der Waals surface area contributed by atoms with Crippen molar-refractivity contribution in [1.82, 2.24) is 20.6 Å². The lowest BCUT2D eigenvalue weighted by Crippen LogP contribution is -2.18. The number of nitriles is 1. The third kappa shape index (κ3) is 3.67. The zero-order valence-corrected chi connectivity index (χ0v) is 12.2. The highest BCUT2D eigenvalue weighted by Gasteiger charge is 2.26. The molecule has 0 saturated carbocycles. The SMILES string of the molecule is CCC[C@@H](C[C@@H](c1ccc(C#N)cc1)c1nn[nH]n1)C(=O)O. The van der Waals surface area contributed by atoms with Crippen LogP contribution in [0.2, 0.25) is 0 Å². The van der Waals surface area contributed by atoms with Gasteiger partial charge in [0.05, 0.1) is 17.6 Å². The summed E-state index contributed by atoms with van der Waals surface area (Å²) in [7, 11) is 0. The number of hydrogen-bond donors (Lipinski definition) is 2. The molecule has 0 fully saturated rings. The van der Waals surface area contributed by atoms with Gasteiger partial charge in [-0.15, -0.1) is 10.2 Å². The Bertz CT molecular complexity index is 646. The van der Waals surface area contributed by atoms with Gasteiger partial charge in [0.25, 0.3) is 0 Å². The van der Waals surface area contributed by atoms with Crippen molar-refractivity contribution >= 4 is 5.97 Å². The van der Waals surface area contributed by atoms with E-state index in [2.05, 4.69) is 26.7 Å². The summed E-state index contributed by atoms with van der Waals surface area (Å²) in [5.41, 5.74) is 1.43. The highest BCUT2D eigenvalue weighted by molar-refractivity contribution is 5.70. The predicted molar refractivity (Wildman–Crippen MR) is 77.8 cm³/mol. The summed E-state index contributed by atoms with van der Waals surface area (Å²) >= 11 is 0. The summed E-state index contributed by atoms with van der Waals surface area (Å²) in [5, 5.41) is 32.2. The van der Waals surface area contributed by atoms with Crippen LogP contribution in [0.4, 0.5) is 0 Å². The van der Waals surface area contributed by atoms with Crippen molar-refractivity contribution in [2.45, 2.75) is 32.1 Å². The average Bonchev–Trinajstić information content (AvgIpc) is 3.05. The van der Waals surface area contributed by atoms with E-state index < -0.39 is 11.9 Å². The number of nitrogens with zero attached hydrogens (tertiary/aromatic N) is 4. The number of aromatic nitrogens is 4. The molecule has 0 spiro atoms. The minimum atomic E-state index is -0.816. The maximum Gasteiger partial charge on any atom is 0.306 e. The first-order chi connectivity index (χ1) is 10.7. The summed E-state index contributed by atoms with van der Waals surface area (Å²) in [4.78, 5) is 11.4. The molecule has 1 aromatic heterocycles. The van der Waals surface area contributed by atoms with E-state index in [1.54, 1.807) is 12.1 Å². The molecule has 2 rings (SSSR count). The summed E-state index contributed by atoms with van der Waals surface area (Å²) in [6.45, 7) is 1.96. The summed E-state index contributed by atoms with van der Waals surface area (Å²) < 4.78 is 0. The number of hydrogen-bond acceptors (Lipinski definition) is 5. The molecule has 0 saturated heterocycles. The maximum absolute atomic E-state index is 11.4. The fourth-order valence-electron chi connectivity index (χ4n) is 2.47. The monoisotopic (exact) mass is 299 g/mol. The molecule has 2 N–H and O–H groups in total. The quantitative estimate of drug-likeness (QED) is 0.808. The zero-order chi connectivity index (χ0) is 15.9. The fourth-order valence-corrected chi connectivity index (χ4v) is 2.47. The van der Waals surface area contributed by atoms with Crippen molar-refractivity contribution in [2.24, 2.45) is 5.92 Å². The van der Waals surface area contributed by atoms with Crippen molar-refractivity contribution < 1.29 is 9.90 Å². The Hall–Kier alpha value is -2.75. The van der Waals surface area contributed by atoms with Gasteiger partial charge in [0.15, 0.2) is 5.82 Å². The standard InChI is InChI=1S/C15H17N5O2/c1-2-3-12(15(21)22)8-13(14-17-19-20-18-14)11-6-4-10(9-16)5-7-11/h4-7,12-13H,2-3,8H2,1H3,(H,21,22)(H,17,18,19,20)/t12-,13-/m0/s1. The number of aromatic amines is 1. The molecule has 0 bridgehead atoms. The van der Waals surface area contributed by atoms with Crippen molar-refractivity contribution in [3.8, 4) is 6.07 Å². The Morgan fingerprint density at radius 1 is 1.41 bits per heavy atom. The number of tetrazole rings is 1. The third-order valence-electron chi connectivity index (χ3n) is 3.62. The van der Waals surface area contributed by atoms with E-state index in [4.69, 9.17) is 5.26 Å². The molecule has 114 valence electrons. The molecule has 22 heavy (non-hydrogen) atoms. The number of benzene rings is 1. The second-order valence-corrected chi connectivity index (χ2v) is 5.12. The van der Waals surface area contributed by atoms with Gasteiger partial charge < -0.3 is 5.11 Å². The molecule has 1 aromatic carbocycles. The van der Waals surface area contributed by atoms with Crippen molar-refractivity contribution in [2.75, 3.05) is 0 Å². The largest absolute Gasteiger partial charge is 0.481 e. The molecule has 2 aromatic rings. The normalized spacial score (nSPS) is 13.3. The Labute approximate surface area is 128 Å². The van der Waals surface area contributed by atoms with Gasteiger partial charge in [-0.25, -0.2) is 0 Å². The molecular weight excluding hydrogens is 282 g/mol. The zero-order valence-electron chi connectivity index (χ0n) is 12.2. The molecule has 0 unspecified atom stereocenters. The number of aliphatic carboxylic acids is 1. The molecule has 0 radical (unpaired) electrons. The minimum Gasteiger partial charge on any atom is -0.481 e. The van der Waals surface area contributed by atoms with Crippen LogP contribution in [-0.4, -0.2) is 31.7 Å². The first-order valence-corrected chi connectivity index (χ1v) is 7.12. The Morgan fingerprint density at radius 2 is 2.14 bits per heavy atom. The van der Waals surface area contributed by atoms with E-state index in [1.165, 1.54) is 0 Å². The van der Waals surface area contributed by atoms with Gasteiger partial charge in [-0.3, -0.25) is 4.79 Å². The molecule has 7 nitrogen and oxygen atoms in total. The van der Waals surface area contributed by atoms with Crippen LogP contribution in [0.25, 0.3) is 0 Å². The second-order valence-electron chi connectivity index (χ2n) is 5.12. The molecule has 2 atom stereocenters. The summed E-state index contributed by atoms with van der Waals surface area (Å²) in [6, 6.07) is 9.10. The van der Waals surface area contributed by atoms with Crippen LogP contribution in [0.1, 0.15) is 49.1 Å². The minimum absolute atomic E-state index is 0.265.